The van der Waals surface area contributed by atoms with Crippen molar-refractivity contribution < 1.29 is 4.79 Å². The summed E-state index contributed by atoms with van der Waals surface area (Å²) in [5, 5.41) is 0. The van der Waals surface area contributed by atoms with E-state index in [0.29, 0.717) is 37.6 Å². The van der Waals surface area contributed by atoms with Crippen molar-refractivity contribution in [3.8, 4) is 0 Å². The van der Waals surface area contributed by atoms with Crippen LogP contribution in [0.3, 0.4) is 0 Å². The molecule has 0 radical (unpaired) electrons. The molecule has 1 saturated heterocycles. The van der Waals surface area contributed by atoms with Crippen LogP contribution in [0.4, 0.5) is 5.82 Å². The van der Waals surface area contributed by atoms with Gasteiger partial charge in [0.1, 0.15) is 5.82 Å². The fourth-order valence-electron chi connectivity index (χ4n) is 3.58. The summed E-state index contributed by atoms with van der Waals surface area (Å²) in [5.74, 6) is 0.594. The standard InChI is InChI=1S/C20H27N5O3/c1-14(2)24-17(13-18(26)25(15(3)4)20(24)28)22-9-11-23(12-10-22)19(27)16-5-7-21-8-6-16/h5-8,13-15H,9-12H2,1-4H3. The van der Waals surface area contributed by atoms with Gasteiger partial charge in [0.15, 0.2) is 0 Å². The highest BCUT2D eigenvalue weighted by Crippen LogP contribution is 2.19. The molecule has 0 bridgehead atoms. The average Bonchev–Trinajstić information content (AvgIpc) is 2.67. The van der Waals surface area contributed by atoms with Crippen molar-refractivity contribution in [2.24, 2.45) is 0 Å². The van der Waals surface area contributed by atoms with Crippen molar-refractivity contribution in [1.29, 1.82) is 0 Å². The van der Waals surface area contributed by atoms with E-state index in [1.54, 1.807) is 40.1 Å². The van der Waals surface area contributed by atoms with Gasteiger partial charge in [-0.3, -0.25) is 23.7 Å². The largest absolute Gasteiger partial charge is 0.354 e. The minimum Gasteiger partial charge on any atom is -0.354 e. The summed E-state index contributed by atoms with van der Waals surface area (Å²) in [4.78, 5) is 45.8. The highest BCUT2D eigenvalue weighted by atomic mass is 16.2. The fraction of sp³-hybridized carbons (Fsp3) is 0.500. The van der Waals surface area contributed by atoms with Crippen LogP contribution in [0.1, 0.15) is 50.1 Å². The summed E-state index contributed by atoms with van der Waals surface area (Å²) in [6, 6.07) is 4.67. The van der Waals surface area contributed by atoms with Crippen LogP contribution in [0.2, 0.25) is 0 Å². The first-order chi connectivity index (χ1) is 13.3. The van der Waals surface area contributed by atoms with E-state index in [9.17, 15) is 14.4 Å². The molecule has 0 atom stereocenters. The molecular formula is C20H27N5O3. The molecule has 0 saturated carbocycles. The Morgan fingerprint density at radius 1 is 0.929 bits per heavy atom. The lowest BCUT2D eigenvalue weighted by Gasteiger charge is -2.37. The first kappa shape index (κ1) is 19.9. The molecule has 1 aliphatic rings. The van der Waals surface area contributed by atoms with E-state index in [1.807, 2.05) is 32.6 Å². The van der Waals surface area contributed by atoms with Crippen LogP contribution in [0, 0.1) is 0 Å². The normalized spacial score (nSPS) is 14.8. The van der Waals surface area contributed by atoms with E-state index in [2.05, 4.69) is 4.98 Å². The number of carbonyl (C=O) groups is 1. The van der Waals surface area contributed by atoms with Gasteiger partial charge < -0.3 is 9.80 Å². The highest BCUT2D eigenvalue weighted by Gasteiger charge is 2.26. The number of anilines is 1. The average molecular weight is 385 g/mol. The molecule has 2 aromatic rings. The van der Waals surface area contributed by atoms with E-state index in [1.165, 1.54) is 4.57 Å². The van der Waals surface area contributed by atoms with Crippen molar-refractivity contribution in [2.45, 2.75) is 39.8 Å². The van der Waals surface area contributed by atoms with Crippen LogP contribution >= 0.6 is 0 Å². The first-order valence-electron chi connectivity index (χ1n) is 9.63. The summed E-state index contributed by atoms with van der Waals surface area (Å²) in [6.07, 6.45) is 3.21. The molecule has 8 nitrogen and oxygen atoms in total. The van der Waals surface area contributed by atoms with E-state index in [0.717, 1.165) is 0 Å². The third kappa shape index (κ3) is 3.72. The van der Waals surface area contributed by atoms with Gasteiger partial charge in [0.25, 0.3) is 11.5 Å². The van der Waals surface area contributed by atoms with Crippen molar-refractivity contribution in [2.75, 3.05) is 31.1 Å². The van der Waals surface area contributed by atoms with E-state index >= 15 is 0 Å². The lowest BCUT2D eigenvalue weighted by molar-refractivity contribution is 0.0746. The van der Waals surface area contributed by atoms with Gasteiger partial charge in [0.05, 0.1) is 0 Å². The number of hydrogen-bond acceptors (Lipinski definition) is 5. The predicted molar refractivity (Wildman–Crippen MR) is 108 cm³/mol. The van der Waals surface area contributed by atoms with Gasteiger partial charge in [-0.1, -0.05) is 0 Å². The Kier molecular flexibility index (Phi) is 5.67. The molecule has 1 amide bonds. The number of hydrogen-bond donors (Lipinski definition) is 0. The zero-order chi connectivity index (χ0) is 20.4. The quantitative estimate of drug-likeness (QED) is 0.797. The van der Waals surface area contributed by atoms with Gasteiger partial charge >= 0.3 is 5.69 Å². The number of amides is 1. The summed E-state index contributed by atoms with van der Waals surface area (Å²) < 4.78 is 2.95. The van der Waals surface area contributed by atoms with Crippen LogP contribution in [0.5, 0.6) is 0 Å². The number of rotatable bonds is 4. The van der Waals surface area contributed by atoms with Crippen molar-refractivity contribution in [3.63, 3.8) is 0 Å². The van der Waals surface area contributed by atoms with Crippen LogP contribution in [-0.2, 0) is 0 Å². The summed E-state index contributed by atoms with van der Waals surface area (Å²) in [5.41, 5.74) is 0.0343. The van der Waals surface area contributed by atoms with Crippen molar-refractivity contribution in [1.82, 2.24) is 19.0 Å². The topological polar surface area (TPSA) is 80.4 Å². The van der Waals surface area contributed by atoms with Crippen LogP contribution in [-0.4, -0.2) is 51.1 Å². The SMILES string of the molecule is CC(C)n1c(N2CCN(C(=O)c3ccncc3)CC2)cc(=O)n(C(C)C)c1=O. The number of piperazine rings is 1. The van der Waals surface area contributed by atoms with Gasteiger partial charge in [-0.15, -0.1) is 0 Å². The molecule has 0 unspecified atom stereocenters. The maximum absolute atomic E-state index is 12.9. The van der Waals surface area contributed by atoms with Gasteiger partial charge in [0.2, 0.25) is 0 Å². The molecule has 2 aromatic heterocycles. The summed E-state index contributed by atoms with van der Waals surface area (Å²) in [6.45, 7) is 9.71. The molecule has 150 valence electrons. The van der Waals surface area contributed by atoms with E-state index in [-0.39, 0.29) is 29.2 Å². The van der Waals surface area contributed by atoms with E-state index < -0.39 is 0 Å². The lowest BCUT2D eigenvalue weighted by atomic mass is 10.2. The number of nitrogens with zero attached hydrogens (tertiary/aromatic N) is 5. The Bertz CT molecular complexity index is 954. The Labute approximate surface area is 164 Å². The van der Waals surface area contributed by atoms with Crippen LogP contribution < -0.4 is 16.1 Å². The molecule has 0 spiro atoms. The summed E-state index contributed by atoms with van der Waals surface area (Å²) >= 11 is 0. The molecule has 3 heterocycles. The minimum atomic E-state index is -0.290. The highest BCUT2D eigenvalue weighted by molar-refractivity contribution is 5.94. The van der Waals surface area contributed by atoms with Gasteiger partial charge in [0, 0.05) is 62.3 Å². The van der Waals surface area contributed by atoms with Crippen molar-refractivity contribution >= 4 is 11.7 Å². The van der Waals surface area contributed by atoms with E-state index in [4.69, 9.17) is 0 Å². The maximum atomic E-state index is 12.9. The second kappa shape index (κ2) is 8.00. The molecule has 0 aromatic carbocycles. The molecule has 0 aliphatic carbocycles. The van der Waals surface area contributed by atoms with Crippen molar-refractivity contribution in [3.05, 3.63) is 57.0 Å². The monoisotopic (exact) mass is 385 g/mol. The number of pyridine rings is 1. The summed E-state index contributed by atoms with van der Waals surface area (Å²) in [7, 11) is 0. The molecule has 3 rings (SSSR count). The smallest absolute Gasteiger partial charge is 0.333 e. The van der Waals surface area contributed by atoms with Gasteiger partial charge in [-0.25, -0.2) is 4.79 Å². The molecule has 1 aliphatic heterocycles. The Morgan fingerprint density at radius 3 is 2.04 bits per heavy atom. The molecule has 0 N–H and O–H groups in total. The molecular weight excluding hydrogens is 358 g/mol. The van der Waals surface area contributed by atoms with Gasteiger partial charge in [-0.2, -0.15) is 0 Å². The first-order valence-corrected chi connectivity index (χ1v) is 9.63. The second-order valence-electron chi connectivity index (χ2n) is 7.57. The van der Waals surface area contributed by atoms with Gasteiger partial charge in [-0.05, 0) is 39.8 Å². The Morgan fingerprint density at radius 2 is 1.50 bits per heavy atom. The molecule has 28 heavy (non-hydrogen) atoms. The van der Waals surface area contributed by atoms with Crippen LogP contribution in [0.15, 0.2) is 40.2 Å². The number of carbonyl (C=O) groups excluding carboxylic acids is 1. The maximum Gasteiger partial charge on any atom is 0.333 e. The molecule has 1 fully saturated rings. The lowest BCUT2D eigenvalue weighted by Crippen LogP contribution is -2.51. The third-order valence-electron chi connectivity index (χ3n) is 5.00. The molecule has 8 heteroatoms. The Balaban J connectivity index is 1.85. The van der Waals surface area contributed by atoms with Crippen LogP contribution in [0.25, 0.3) is 0 Å². The third-order valence-corrected chi connectivity index (χ3v) is 5.00. The Hall–Kier alpha value is -2.90. The predicted octanol–water partition coefficient (Wildman–Crippen LogP) is 1.53. The fourth-order valence-corrected chi connectivity index (χ4v) is 3.58. The zero-order valence-corrected chi connectivity index (χ0v) is 16.8. The minimum absolute atomic E-state index is 0.0291. The zero-order valence-electron chi connectivity index (χ0n) is 16.8. The number of aromatic nitrogens is 3. The second-order valence-corrected chi connectivity index (χ2v) is 7.57.